The van der Waals surface area contributed by atoms with Gasteiger partial charge in [-0.05, 0) is 12.1 Å². The molecule has 0 spiro atoms. The second kappa shape index (κ2) is 6.85. The molecule has 2 rings (SSSR count). The molecule has 0 atom stereocenters. The van der Waals surface area contributed by atoms with Crippen LogP contribution in [0.15, 0.2) is 29.6 Å². The molecule has 0 saturated heterocycles. The van der Waals surface area contributed by atoms with E-state index in [0.29, 0.717) is 6.54 Å². The molecule has 5 nitrogen and oxygen atoms in total. The summed E-state index contributed by atoms with van der Waals surface area (Å²) in [5.41, 5.74) is 0.763. The molecule has 0 aliphatic rings. The van der Waals surface area contributed by atoms with Crippen LogP contribution in [0, 0.1) is 5.82 Å². The van der Waals surface area contributed by atoms with Gasteiger partial charge in [0.05, 0.1) is 12.2 Å². The highest BCUT2D eigenvalue weighted by Crippen LogP contribution is 2.15. The van der Waals surface area contributed by atoms with Gasteiger partial charge in [0, 0.05) is 12.4 Å². The maximum atomic E-state index is 13.3. The van der Waals surface area contributed by atoms with E-state index >= 15 is 0 Å². The number of hydrogen-bond acceptors (Lipinski definition) is 5. The lowest BCUT2D eigenvalue weighted by atomic mass is 10.3. The van der Waals surface area contributed by atoms with Crippen LogP contribution in [0.4, 0.5) is 9.52 Å². The van der Waals surface area contributed by atoms with Gasteiger partial charge in [0.25, 0.3) is 5.91 Å². The number of hydrogen-bond donors (Lipinski definition) is 2. The summed E-state index contributed by atoms with van der Waals surface area (Å²) in [6.07, 6.45) is 0. The topological polar surface area (TPSA) is 63.2 Å². The molecule has 0 aliphatic heterocycles. The number of amides is 1. The van der Waals surface area contributed by atoms with Crippen molar-refractivity contribution >= 4 is 22.4 Å². The number of anilines is 1. The molecular weight excluding hydrogens is 281 g/mol. The Morgan fingerprint density at radius 2 is 2.25 bits per heavy atom. The normalized spacial score (nSPS) is 10.1. The maximum Gasteiger partial charge on any atom is 0.258 e. The van der Waals surface area contributed by atoms with Gasteiger partial charge < -0.3 is 15.4 Å². The number of rotatable bonds is 6. The molecule has 0 fully saturated rings. The quantitative estimate of drug-likeness (QED) is 0.856. The maximum absolute atomic E-state index is 13.3. The summed E-state index contributed by atoms with van der Waals surface area (Å²) in [4.78, 5) is 15.8. The van der Waals surface area contributed by atoms with E-state index in [4.69, 9.17) is 4.74 Å². The molecule has 1 heterocycles. The Labute approximate surface area is 119 Å². The van der Waals surface area contributed by atoms with E-state index in [1.54, 1.807) is 19.2 Å². The van der Waals surface area contributed by atoms with Crippen LogP contribution >= 0.6 is 11.3 Å². The van der Waals surface area contributed by atoms with Crippen LogP contribution in [-0.2, 0) is 11.3 Å². The number of ether oxygens (including phenoxy) is 1. The predicted molar refractivity (Wildman–Crippen MR) is 75.4 cm³/mol. The van der Waals surface area contributed by atoms with Gasteiger partial charge in [-0.1, -0.05) is 12.1 Å². The van der Waals surface area contributed by atoms with E-state index < -0.39 is 5.82 Å². The first-order valence-corrected chi connectivity index (χ1v) is 6.83. The summed E-state index contributed by atoms with van der Waals surface area (Å²) >= 11 is 1.46. The van der Waals surface area contributed by atoms with E-state index in [1.165, 1.54) is 23.5 Å². The minimum Gasteiger partial charge on any atom is -0.481 e. The molecule has 0 bridgehead atoms. The Bertz CT molecular complexity index is 589. The molecule has 106 valence electrons. The molecule has 7 heteroatoms. The number of halogens is 1. The lowest BCUT2D eigenvalue weighted by molar-refractivity contribution is -0.123. The summed E-state index contributed by atoms with van der Waals surface area (Å²) in [5.74, 6) is -0.750. The number of carbonyl (C=O) groups is 1. The standard InChI is InChI=1S/C13H14FN3O2S/c1-15-13-17-9(8-20-13)6-16-12(18)7-19-11-5-3-2-4-10(11)14/h2-5,8H,6-7H2,1H3,(H,15,17)(H,16,18). The molecule has 0 unspecified atom stereocenters. The molecule has 1 amide bonds. The third kappa shape index (κ3) is 3.92. The van der Waals surface area contributed by atoms with Gasteiger partial charge >= 0.3 is 0 Å². The first kappa shape index (κ1) is 14.3. The number of para-hydroxylation sites is 1. The van der Waals surface area contributed by atoms with E-state index in [-0.39, 0.29) is 18.3 Å². The second-order valence-electron chi connectivity index (χ2n) is 3.89. The zero-order valence-corrected chi connectivity index (χ0v) is 11.7. The van der Waals surface area contributed by atoms with Gasteiger partial charge in [-0.25, -0.2) is 9.37 Å². The van der Waals surface area contributed by atoms with Crippen molar-refractivity contribution in [3.63, 3.8) is 0 Å². The highest BCUT2D eigenvalue weighted by molar-refractivity contribution is 7.13. The molecule has 2 aromatic rings. The van der Waals surface area contributed by atoms with Crippen LogP contribution in [0.3, 0.4) is 0 Å². The first-order valence-electron chi connectivity index (χ1n) is 5.95. The molecule has 0 saturated carbocycles. The van der Waals surface area contributed by atoms with Gasteiger partial charge in [-0.3, -0.25) is 4.79 Å². The number of nitrogens with one attached hydrogen (secondary N) is 2. The van der Waals surface area contributed by atoms with Crippen molar-refractivity contribution in [1.82, 2.24) is 10.3 Å². The molecule has 0 radical (unpaired) electrons. The monoisotopic (exact) mass is 295 g/mol. The van der Waals surface area contributed by atoms with Crippen molar-refractivity contribution in [3.05, 3.63) is 41.2 Å². The third-order valence-electron chi connectivity index (χ3n) is 2.43. The van der Waals surface area contributed by atoms with E-state index in [0.717, 1.165) is 10.8 Å². The first-order chi connectivity index (χ1) is 9.69. The summed E-state index contributed by atoms with van der Waals surface area (Å²) < 4.78 is 18.4. The van der Waals surface area contributed by atoms with Gasteiger partial charge in [0.1, 0.15) is 0 Å². The van der Waals surface area contributed by atoms with E-state index in [9.17, 15) is 9.18 Å². The lowest BCUT2D eigenvalue weighted by Crippen LogP contribution is -2.28. The summed E-state index contributed by atoms with van der Waals surface area (Å²) in [7, 11) is 1.78. The number of carbonyl (C=O) groups excluding carboxylic acids is 1. The third-order valence-corrected chi connectivity index (χ3v) is 3.34. The van der Waals surface area contributed by atoms with Crippen LogP contribution in [0.2, 0.25) is 0 Å². The average Bonchev–Trinajstić information content (AvgIpc) is 2.92. The van der Waals surface area contributed by atoms with Crippen LogP contribution < -0.4 is 15.4 Å². The van der Waals surface area contributed by atoms with Gasteiger partial charge in [-0.2, -0.15) is 0 Å². The fraction of sp³-hybridized carbons (Fsp3) is 0.231. The summed E-state index contributed by atoms with van der Waals surface area (Å²) in [6.45, 7) is 0.0849. The molecule has 1 aromatic carbocycles. The van der Waals surface area contributed by atoms with E-state index in [1.807, 2.05) is 5.38 Å². The highest BCUT2D eigenvalue weighted by Gasteiger charge is 2.07. The predicted octanol–water partition coefficient (Wildman–Crippen LogP) is 2.02. The highest BCUT2D eigenvalue weighted by atomic mass is 32.1. The number of benzene rings is 1. The smallest absolute Gasteiger partial charge is 0.258 e. The Kier molecular flexibility index (Phi) is 4.89. The van der Waals surface area contributed by atoms with Gasteiger partial charge in [0.15, 0.2) is 23.3 Å². The minimum atomic E-state index is -0.488. The number of nitrogens with zero attached hydrogens (tertiary/aromatic N) is 1. The van der Waals surface area contributed by atoms with Crippen LogP contribution in [0.5, 0.6) is 5.75 Å². The Morgan fingerprint density at radius 1 is 1.45 bits per heavy atom. The number of thiazole rings is 1. The number of aromatic nitrogens is 1. The fourth-order valence-electron chi connectivity index (χ4n) is 1.45. The molecular formula is C13H14FN3O2S. The molecule has 0 aliphatic carbocycles. The lowest BCUT2D eigenvalue weighted by Gasteiger charge is -2.07. The van der Waals surface area contributed by atoms with Gasteiger partial charge in [-0.15, -0.1) is 11.3 Å². The summed E-state index contributed by atoms with van der Waals surface area (Å²) in [6, 6.07) is 5.96. The fourth-order valence-corrected chi connectivity index (χ4v) is 2.12. The van der Waals surface area contributed by atoms with Gasteiger partial charge in [0.2, 0.25) is 0 Å². The van der Waals surface area contributed by atoms with Crippen molar-refractivity contribution in [2.45, 2.75) is 6.54 Å². The van der Waals surface area contributed by atoms with Crippen molar-refractivity contribution in [2.24, 2.45) is 0 Å². The zero-order chi connectivity index (χ0) is 14.4. The Hall–Kier alpha value is -2.15. The van der Waals surface area contributed by atoms with Crippen LogP contribution in [0.25, 0.3) is 0 Å². The zero-order valence-electron chi connectivity index (χ0n) is 10.9. The molecule has 20 heavy (non-hydrogen) atoms. The van der Waals surface area contributed by atoms with Crippen molar-refractivity contribution in [1.29, 1.82) is 0 Å². The van der Waals surface area contributed by atoms with Crippen molar-refractivity contribution in [2.75, 3.05) is 19.0 Å². The summed E-state index contributed by atoms with van der Waals surface area (Å²) in [5, 5.41) is 8.21. The van der Waals surface area contributed by atoms with E-state index in [2.05, 4.69) is 15.6 Å². The molecule has 1 aromatic heterocycles. The largest absolute Gasteiger partial charge is 0.481 e. The minimum absolute atomic E-state index is 0.0637. The van der Waals surface area contributed by atoms with Crippen molar-refractivity contribution in [3.8, 4) is 5.75 Å². The molecule has 2 N–H and O–H groups in total. The van der Waals surface area contributed by atoms with Crippen molar-refractivity contribution < 1.29 is 13.9 Å². The van der Waals surface area contributed by atoms with Crippen LogP contribution in [-0.4, -0.2) is 24.5 Å². The average molecular weight is 295 g/mol. The Morgan fingerprint density at radius 3 is 2.95 bits per heavy atom. The van der Waals surface area contributed by atoms with Crippen LogP contribution in [0.1, 0.15) is 5.69 Å². The Balaban J connectivity index is 1.77. The SMILES string of the molecule is CNc1nc(CNC(=O)COc2ccccc2F)cs1. The second-order valence-corrected chi connectivity index (χ2v) is 4.75.